The lowest BCUT2D eigenvalue weighted by Crippen LogP contribution is -2.25. The number of benzene rings is 1. The third-order valence-corrected chi connectivity index (χ3v) is 3.10. The highest BCUT2D eigenvalue weighted by Crippen LogP contribution is 2.38. The van der Waals surface area contributed by atoms with E-state index >= 15 is 0 Å². The number of ether oxygens (including phenoxy) is 1. The van der Waals surface area contributed by atoms with Crippen LogP contribution < -0.4 is 4.74 Å². The van der Waals surface area contributed by atoms with Crippen LogP contribution in [0.5, 0.6) is 5.75 Å². The Labute approximate surface area is 117 Å². The van der Waals surface area contributed by atoms with E-state index in [1.54, 1.807) is 6.07 Å². The molecule has 6 heteroatoms. The SMILES string of the molecule is CCC(F)(F)c1cc(I)ccc1OC(C)C(=O)O. The second-order valence-electron chi connectivity index (χ2n) is 3.80. The predicted octanol–water partition coefficient (Wildman–Crippen LogP) is 3.64. The molecule has 1 rings (SSSR count). The lowest BCUT2D eigenvalue weighted by atomic mass is 10.1. The van der Waals surface area contributed by atoms with Crippen LogP contribution in [0.3, 0.4) is 0 Å². The highest BCUT2D eigenvalue weighted by Gasteiger charge is 2.33. The smallest absolute Gasteiger partial charge is 0.344 e. The number of alkyl halides is 2. The van der Waals surface area contributed by atoms with Crippen LogP contribution in [0, 0.1) is 3.57 Å². The molecule has 0 bridgehead atoms. The third-order valence-electron chi connectivity index (χ3n) is 2.43. The zero-order chi connectivity index (χ0) is 13.9. The van der Waals surface area contributed by atoms with Crippen molar-refractivity contribution < 1.29 is 23.4 Å². The summed E-state index contributed by atoms with van der Waals surface area (Å²) in [4.78, 5) is 10.7. The van der Waals surface area contributed by atoms with Gasteiger partial charge in [0, 0.05) is 9.99 Å². The van der Waals surface area contributed by atoms with Crippen molar-refractivity contribution >= 4 is 28.6 Å². The maximum atomic E-state index is 13.7. The zero-order valence-corrected chi connectivity index (χ0v) is 12.1. The van der Waals surface area contributed by atoms with Gasteiger partial charge in [0.1, 0.15) is 5.75 Å². The summed E-state index contributed by atoms with van der Waals surface area (Å²) in [6.07, 6.45) is -1.54. The van der Waals surface area contributed by atoms with E-state index < -0.39 is 18.0 Å². The summed E-state index contributed by atoms with van der Waals surface area (Å²) < 4.78 is 33.2. The maximum Gasteiger partial charge on any atom is 0.344 e. The molecule has 0 heterocycles. The summed E-state index contributed by atoms with van der Waals surface area (Å²) >= 11 is 1.92. The Morgan fingerprint density at radius 2 is 2.17 bits per heavy atom. The van der Waals surface area contributed by atoms with E-state index in [2.05, 4.69) is 0 Å². The maximum absolute atomic E-state index is 13.7. The van der Waals surface area contributed by atoms with Gasteiger partial charge in [0.2, 0.25) is 0 Å². The van der Waals surface area contributed by atoms with E-state index in [1.807, 2.05) is 22.6 Å². The van der Waals surface area contributed by atoms with Crippen molar-refractivity contribution in [3.63, 3.8) is 0 Å². The van der Waals surface area contributed by atoms with Gasteiger partial charge in [-0.1, -0.05) is 6.92 Å². The molecule has 100 valence electrons. The number of hydrogen-bond donors (Lipinski definition) is 1. The van der Waals surface area contributed by atoms with Gasteiger partial charge in [0.05, 0.1) is 5.56 Å². The van der Waals surface area contributed by atoms with Crippen LogP contribution >= 0.6 is 22.6 Å². The van der Waals surface area contributed by atoms with E-state index in [0.717, 1.165) is 0 Å². The standard InChI is InChI=1S/C12H13F2IO3/c1-3-12(13,14)9-6-8(15)4-5-10(9)18-7(2)11(16)17/h4-7H,3H2,1-2H3,(H,16,17). The van der Waals surface area contributed by atoms with E-state index in [4.69, 9.17) is 9.84 Å². The van der Waals surface area contributed by atoms with Crippen molar-refractivity contribution in [3.05, 3.63) is 27.3 Å². The largest absolute Gasteiger partial charge is 0.479 e. The molecule has 1 aromatic rings. The zero-order valence-electron chi connectivity index (χ0n) is 9.91. The van der Waals surface area contributed by atoms with E-state index in [-0.39, 0.29) is 17.7 Å². The number of carboxylic acid groups (broad SMARTS) is 1. The Morgan fingerprint density at radius 3 is 2.67 bits per heavy atom. The molecule has 0 aliphatic heterocycles. The van der Waals surface area contributed by atoms with E-state index in [9.17, 15) is 13.6 Å². The molecule has 3 nitrogen and oxygen atoms in total. The van der Waals surface area contributed by atoms with Crippen LogP contribution in [0.1, 0.15) is 25.8 Å². The molecule has 0 amide bonds. The molecule has 0 aromatic heterocycles. The fraction of sp³-hybridized carbons (Fsp3) is 0.417. The van der Waals surface area contributed by atoms with Gasteiger partial charge in [-0.25, -0.2) is 13.6 Å². The van der Waals surface area contributed by atoms with Gasteiger partial charge in [-0.05, 0) is 47.7 Å². The van der Waals surface area contributed by atoms with Gasteiger partial charge in [-0.3, -0.25) is 0 Å². The number of hydrogen-bond acceptors (Lipinski definition) is 2. The number of carboxylic acids is 1. The Hall–Kier alpha value is -0.920. The summed E-state index contributed by atoms with van der Waals surface area (Å²) in [5, 5.41) is 8.73. The lowest BCUT2D eigenvalue weighted by Gasteiger charge is -2.20. The summed E-state index contributed by atoms with van der Waals surface area (Å²) in [6, 6.07) is 4.29. The Bertz CT molecular complexity index is 449. The van der Waals surface area contributed by atoms with Gasteiger partial charge in [-0.15, -0.1) is 0 Å². The monoisotopic (exact) mass is 370 g/mol. The molecule has 1 aromatic carbocycles. The minimum atomic E-state index is -3.03. The van der Waals surface area contributed by atoms with Gasteiger partial charge in [-0.2, -0.15) is 0 Å². The van der Waals surface area contributed by atoms with Crippen LogP contribution in [0.15, 0.2) is 18.2 Å². The Morgan fingerprint density at radius 1 is 1.56 bits per heavy atom. The Kier molecular flexibility index (Phi) is 4.89. The first-order valence-corrected chi connectivity index (χ1v) is 6.43. The average Bonchev–Trinajstić information content (AvgIpc) is 2.31. The van der Waals surface area contributed by atoms with Gasteiger partial charge >= 0.3 is 5.97 Å². The van der Waals surface area contributed by atoms with Crippen molar-refractivity contribution in [2.24, 2.45) is 0 Å². The molecular formula is C12H13F2IO3. The summed E-state index contributed by atoms with van der Waals surface area (Å²) in [5.41, 5.74) is -0.273. The molecule has 0 saturated heterocycles. The minimum Gasteiger partial charge on any atom is -0.479 e. The van der Waals surface area contributed by atoms with Gasteiger partial charge < -0.3 is 9.84 Å². The molecule has 1 atom stereocenters. The van der Waals surface area contributed by atoms with Crippen molar-refractivity contribution in [2.45, 2.75) is 32.3 Å². The number of halogens is 3. The number of carbonyl (C=O) groups is 1. The summed E-state index contributed by atoms with van der Waals surface area (Å²) in [6.45, 7) is 2.67. The van der Waals surface area contributed by atoms with Crippen molar-refractivity contribution in [1.29, 1.82) is 0 Å². The predicted molar refractivity (Wildman–Crippen MR) is 71.1 cm³/mol. The topological polar surface area (TPSA) is 46.5 Å². The van der Waals surface area contributed by atoms with E-state index in [1.165, 1.54) is 26.0 Å². The first-order valence-electron chi connectivity index (χ1n) is 5.35. The fourth-order valence-corrected chi connectivity index (χ4v) is 1.81. The van der Waals surface area contributed by atoms with Crippen LogP contribution in [0.4, 0.5) is 8.78 Å². The van der Waals surface area contributed by atoms with Crippen LogP contribution in [-0.2, 0) is 10.7 Å². The minimum absolute atomic E-state index is 0.0860. The molecule has 0 fully saturated rings. The van der Waals surface area contributed by atoms with Crippen molar-refractivity contribution in [1.82, 2.24) is 0 Å². The number of aliphatic carboxylic acids is 1. The molecule has 0 radical (unpaired) electrons. The van der Waals surface area contributed by atoms with E-state index in [0.29, 0.717) is 3.57 Å². The average molecular weight is 370 g/mol. The molecule has 0 saturated carbocycles. The molecular weight excluding hydrogens is 357 g/mol. The second kappa shape index (κ2) is 5.81. The molecule has 0 aliphatic rings. The highest BCUT2D eigenvalue weighted by molar-refractivity contribution is 14.1. The molecule has 0 aliphatic carbocycles. The number of rotatable bonds is 5. The molecule has 0 spiro atoms. The van der Waals surface area contributed by atoms with Crippen molar-refractivity contribution in [3.8, 4) is 5.75 Å². The normalized spacial score (nSPS) is 13.2. The molecule has 18 heavy (non-hydrogen) atoms. The highest BCUT2D eigenvalue weighted by atomic mass is 127. The van der Waals surface area contributed by atoms with Crippen LogP contribution in [0.2, 0.25) is 0 Å². The van der Waals surface area contributed by atoms with Crippen LogP contribution in [-0.4, -0.2) is 17.2 Å². The van der Waals surface area contributed by atoms with Crippen molar-refractivity contribution in [2.75, 3.05) is 0 Å². The molecule has 1 N–H and O–H groups in total. The summed E-state index contributed by atoms with van der Waals surface area (Å²) in [7, 11) is 0. The van der Waals surface area contributed by atoms with Crippen LogP contribution in [0.25, 0.3) is 0 Å². The molecule has 1 unspecified atom stereocenters. The fourth-order valence-electron chi connectivity index (χ4n) is 1.32. The Balaban J connectivity index is 3.15. The first-order chi connectivity index (χ1) is 8.27. The second-order valence-corrected chi connectivity index (χ2v) is 5.04. The lowest BCUT2D eigenvalue weighted by molar-refractivity contribution is -0.144. The van der Waals surface area contributed by atoms with Gasteiger partial charge in [0.25, 0.3) is 5.92 Å². The first kappa shape index (κ1) is 15.1. The third kappa shape index (κ3) is 3.54. The summed E-state index contributed by atoms with van der Waals surface area (Å²) in [5.74, 6) is -4.31. The van der Waals surface area contributed by atoms with Gasteiger partial charge in [0.15, 0.2) is 6.10 Å². The quantitative estimate of drug-likeness (QED) is 0.806.